The molecule has 0 spiro atoms. The van der Waals surface area contributed by atoms with E-state index in [0.29, 0.717) is 40.9 Å². The van der Waals surface area contributed by atoms with E-state index in [1.807, 2.05) is 29.2 Å². The molecule has 0 amide bonds. The molecule has 0 aliphatic carbocycles. The van der Waals surface area contributed by atoms with Crippen LogP contribution >= 0.6 is 34.5 Å². The van der Waals surface area contributed by atoms with Crippen molar-refractivity contribution < 1.29 is 12.6 Å². The van der Waals surface area contributed by atoms with E-state index in [1.54, 1.807) is 40.4 Å². The van der Waals surface area contributed by atoms with Crippen LogP contribution in [0.2, 0.25) is 0 Å². The van der Waals surface area contributed by atoms with Crippen molar-refractivity contribution >= 4 is 66.4 Å². The monoisotopic (exact) mass is 539 g/mol. The first kappa shape index (κ1) is 24.6. The summed E-state index contributed by atoms with van der Waals surface area (Å²) in [5, 5.41) is 9.36. The minimum absolute atomic E-state index is 0.00108. The van der Waals surface area contributed by atoms with Gasteiger partial charge < -0.3 is 14.8 Å². The summed E-state index contributed by atoms with van der Waals surface area (Å²) in [5.74, 6) is 1.09. The van der Waals surface area contributed by atoms with Crippen LogP contribution in [0.1, 0.15) is 10.8 Å². The van der Waals surface area contributed by atoms with Crippen LogP contribution in [0.4, 0.5) is 10.7 Å². The number of thiophene rings is 1. The highest BCUT2D eigenvalue weighted by Gasteiger charge is 2.33. The van der Waals surface area contributed by atoms with E-state index in [9.17, 15) is 8.42 Å². The second-order valence-corrected chi connectivity index (χ2v) is 10.8. The zero-order chi connectivity index (χ0) is 24.1. The number of fused-ring (bicyclic) bond motifs is 1. The van der Waals surface area contributed by atoms with Crippen LogP contribution in [0.15, 0.2) is 60.0 Å². The van der Waals surface area contributed by atoms with Gasteiger partial charge >= 0.3 is 10.1 Å². The van der Waals surface area contributed by atoms with Crippen molar-refractivity contribution in [2.24, 2.45) is 0 Å². The Balaban J connectivity index is 1.62. The number of hydrogen-bond acceptors (Lipinski definition) is 8. The topological polar surface area (TPSA) is 103 Å². The van der Waals surface area contributed by atoms with Crippen molar-refractivity contribution in [2.75, 3.05) is 35.5 Å². The number of halogens is 2. The summed E-state index contributed by atoms with van der Waals surface area (Å²) >= 11 is 13.0. The molecular formula is C22H23Cl2N5O3S2. The van der Waals surface area contributed by atoms with E-state index in [-0.39, 0.29) is 12.3 Å². The second kappa shape index (κ2) is 10.8. The number of para-hydroxylation sites is 1. The Hall–Kier alpha value is -2.53. The van der Waals surface area contributed by atoms with Crippen molar-refractivity contribution in [1.82, 2.24) is 15.0 Å². The molecule has 2 N–H and O–H groups in total. The van der Waals surface area contributed by atoms with Gasteiger partial charge in [-0.15, -0.1) is 39.6 Å². The highest BCUT2D eigenvalue weighted by molar-refractivity contribution is 7.87. The summed E-state index contributed by atoms with van der Waals surface area (Å²) < 4.78 is 34.0. The Morgan fingerprint density at radius 1 is 1.06 bits per heavy atom. The van der Waals surface area contributed by atoms with Crippen LogP contribution in [-0.4, -0.2) is 48.3 Å². The summed E-state index contributed by atoms with van der Waals surface area (Å²) in [6.45, 7) is 1.25. The molecule has 1 atom stereocenters. The maximum absolute atomic E-state index is 13.5. The first-order chi connectivity index (χ1) is 16.4. The van der Waals surface area contributed by atoms with Crippen LogP contribution in [0.3, 0.4) is 0 Å². The van der Waals surface area contributed by atoms with Gasteiger partial charge in [-0.25, -0.2) is 4.68 Å². The molecule has 0 bridgehead atoms. The average Bonchev–Trinajstić information content (AvgIpc) is 3.43. The Morgan fingerprint density at radius 3 is 2.41 bits per heavy atom. The quantitative estimate of drug-likeness (QED) is 0.221. The molecule has 180 valence electrons. The summed E-state index contributed by atoms with van der Waals surface area (Å²) in [5.41, 5.74) is 8.85. The van der Waals surface area contributed by atoms with Gasteiger partial charge in [-0.1, -0.05) is 17.3 Å². The van der Waals surface area contributed by atoms with Gasteiger partial charge in [0.25, 0.3) is 0 Å². The van der Waals surface area contributed by atoms with Crippen LogP contribution in [0.5, 0.6) is 5.75 Å². The molecule has 2 heterocycles. The van der Waals surface area contributed by atoms with Gasteiger partial charge in [0.2, 0.25) is 0 Å². The maximum atomic E-state index is 13.5. The summed E-state index contributed by atoms with van der Waals surface area (Å²) in [6, 6.07) is 15.8. The Kier molecular flexibility index (Phi) is 7.82. The predicted molar refractivity (Wildman–Crippen MR) is 139 cm³/mol. The Morgan fingerprint density at radius 2 is 1.76 bits per heavy atom. The van der Waals surface area contributed by atoms with Gasteiger partial charge in [-0.3, -0.25) is 0 Å². The molecule has 12 heteroatoms. The largest absolute Gasteiger partial charge is 0.390 e. The van der Waals surface area contributed by atoms with Gasteiger partial charge in [0.15, 0.2) is 0 Å². The molecule has 0 saturated heterocycles. The number of anilines is 2. The number of alkyl halides is 2. The SMILES string of the molecule is Nc1sccc1C(Cn1nnc2ccccc21)S(=O)(=O)Oc1ccc(N(CCCl)CCCl)cc1. The fourth-order valence-corrected chi connectivity index (χ4v) is 6.16. The molecule has 4 rings (SSSR count). The smallest absolute Gasteiger partial charge is 0.318 e. The predicted octanol–water partition coefficient (Wildman–Crippen LogP) is 4.51. The Labute approximate surface area is 212 Å². The third-order valence-corrected chi connectivity index (χ3v) is 7.93. The molecule has 2 aromatic heterocycles. The molecule has 0 saturated carbocycles. The zero-order valence-electron chi connectivity index (χ0n) is 18.0. The number of benzene rings is 2. The summed E-state index contributed by atoms with van der Waals surface area (Å²) in [7, 11) is -4.14. The van der Waals surface area contributed by atoms with Gasteiger partial charge in [0.05, 0.1) is 17.1 Å². The van der Waals surface area contributed by atoms with Crippen LogP contribution in [0, 0.1) is 0 Å². The lowest BCUT2D eigenvalue weighted by Crippen LogP contribution is -2.27. The van der Waals surface area contributed by atoms with Gasteiger partial charge in [-0.2, -0.15) is 8.42 Å². The lowest BCUT2D eigenvalue weighted by molar-refractivity contribution is 0.456. The average molecular weight is 540 g/mol. The highest BCUT2D eigenvalue weighted by atomic mass is 35.5. The van der Waals surface area contributed by atoms with E-state index in [0.717, 1.165) is 11.2 Å². The molecule has 8 nitrogen and oxygen atoms in total. The van der Waals surface area contributed by atoms with Crippen molar-refractivity contribution in [3.63, 3.8) is 0 Å². The zero-order valence-corrected chi connectivity index (χ0v) is 21.2. The van der Waals surface area contributed by atoms with Gasteiger partial charge in [-0.05, 0) is 47.8 Å². The third kappa shape index (κ3) is 5.41. The molecule has 0 fully saturated rings. The van der Waals surface area contributed by atoms with Crippen molar-refractivity contribution in [3.8, 4) is 5.75 Å². The lowest BCUT2D eigenvalue weighted by atomic mass is 10.2. The van der Waals surface area contributed by atoms with Crippen molar-refractivity contribution in [3.05, 3.63) is 65.5 Å². The number of hydrogen-bond donors (Lipinski definition) is 1. The van der Waals surface area contributed by atoms with Crippen LogP contribution in [-0.2, 0) is 16.7 Å². The molecular weight excluding hydrogens is 517 g/mol. The first-order valence-electron chi connectivity index (χ1n) is 10.4. The lowest BCUT2D eigenvalue weighted by Gasteiger charge is -2.23. The summed E-state index contributed by atoms with van der Waals surface area (Å²) in [6.07, 6.45) is 0. The molecule has 4 aromatic rings. The van der Waals surface area contributed by atoms with Crippen molar-refractivity contribution in [1.29, 1.82) is 0 Å². The standard InChI is InChI=1S/C22H23Cl2N5O3S2/c23-10-12-28(13-11-24)16-5-7-17(8-6-16)32-34(30,31)21(18-9-14-33-22(18)25)15-29-20-4-2-1-3-19(20)26-27-29/h1-9,14,21H,10-13,15,25H2. The van der Waals surface area contributed by atoms with E-state index < -0.39 is 15.4 Å². The minimum Gasteiger partial charge on any atom is -0.390 e. The van der Waals surface area contributed by atoms with E-state index in [2.05, 4.69) is 10.3 Å². The highest BCUT2D eigenvalue weighted by Crippen LogP contribution is 2.35. The van der Waals surface area contributed by atoms with Crippen LogP contribution in [0.25, 0.3) is 11.0 Å². The summed E-state index contributed by atoms with van der Waals surface area (Å²) in [4.78, 5) is 2.02. The normalized spacial score (nSPS) is 12.6. The Bertz CT molecular complexity index is 1340. The number of nitrogens with zero attached hydrogens (tertiary/aromatic N) is 4. The fraction of sp³-hybridized carbons (Fsp3) is 0.273. The first-order valence-corrected chi connectivity index (χ1v) is 13.9. The van der Waals surface area contributed by atoms with Gasteiger partial charge in [0, 0.05) is 36.1 Å². The maximum Gasteiger partial charge on any atom is 0.318 e. The van der Waals surface area contributed by atoms with Gasteiger partial charge in [0.1, 0.15) is 16.5 Å². The number of rotatable bonds is 11. The molecule has 0 aliphatic heterocycles. The minimum atomic E-state index is -4.14. The number of nitrogen functional groups attached to an aromatic ring is 1. The molecule has 1 unspecified atom stereocenters. The fourth-order valence-electron chi connectivity index (χ4n) is 3.63. The second-order valence-electron chi connectivity index (χ2n) is 7.42. The molecule has 0 radical (unpaired) electrons. The van der Waals surface area contributed by atoms with E-state index in [4.69, 9.17) is 33.1 Å². The molecule has 0 aliphatic rings. The van der Waals surface area contributed by atoms with Crippen LogP contribution < -0.4 is 14.8 Å². The van der Waals surface area contributed by atoms with Crippen molar-refractivity contribution in [2.45, 2.75) is 11.8 Å². The van der Waals surface area contributed by atoms with E-state index >= 15 is 0 Å². The van der Waals surface area contributed by atoms with E-state index in [1.165, 1.54) is 11.3 Å². The molecule has 2 aromatic carbocycles. The molecule has 34 heavy (non-hydrogen) atoms. The number of nitrogens with two attached hydrogens (primary N) is 1. The number of aromatic nitrogens is 3. The third-order valence-electron chi connectivity index (χ3n) is 5.30.